The van der Waals surface area contributed by atoms with Crippen molar-refractivity contribution in [1.82, 2.24) is 14.8 Å². The highest BCUT2D eigenvalue weighted by molar-refractivity contribution is 7.99. The molecule has 6 nitrogen and oxygen atoms in total. The monoisotopic (exact) mass is 442 g/mol. The van der Waals surface area contributed by atoms with Gasteiger partial charge in [0.15, 0.2) is 11.0 Å². The van der Waals surface area contributed by atoms with Crippen molar-refractivity contribution >= 4 is 35.0 Å². The first-order chi connectivity index (χ1) is 14.5. The summed E-state index contributed by atoms with van der Waals surface area (Å²) in [7, 11) is 0. The maximum atomic E-state index is 12.4. The van der Waals surface area contributed by atoms with Crippen LogP contribution in [-0.4, -0.2) is 26.4 Å². The van der Waals surface area contributed by atoms with E-state index in [1.807, 2.05) is 42.7 Å². The number of carbonyl (C=O) groups excluding carboxylic acids is 1. The minimum absolute atomic E-state index is 0.105. The molecule has 0 saturated heterocycles. The van der Waals surface area contributed by atoms with Crippen LogP contribution in [0.2, 0.25) is 5.02 Å². The maximum Gasteiger partial charge on any atom is 0.234 e. The Labute approximate surface area is 185 Å². The molecule has 0 spiro atoms. The molecule has 0 atom stereocenters. The van der Waals surface area contributed by atoms with Crippen LogP contribution < -0.4 is 10.1 Å². The van der Waals surface area contributed by atoms with Crippen LogP contribution >= 0.6 is 23.4 Å². The molecule has 0 aliphatic heterocycles. The van der Waals surface area contributed by atoms with Crippen LogP contribution in [0.25, 0.3) is 0 Å². The van der Waals surface area contributed by atoms with Gasteiger partial charge < -0.3 is 10.1 Å². The number of carbonyl (C=O) groups is 1. The lowest BCUT2D eigenvalue weighted by Crippen LogP contribution is -2.15. The van der Waals surface area contributed by atoms with E-state index >= 15 is 0 Å². The molecular weight excluding hydrogens is 420 g/mol. The molecule has 3 aromatic rings. The lowest BCUT2D eigenvalue weighted by atomic mass is 10.1. The Morgan fingerprint density at radius 3 is 2.67 bits per heavy atom. The van der Waals surface area contributed by atoms with E-state index in [0.717, 1.165) is 16.8 Å². The predicted molar refractivity (Wildman–Crippen MR) is 121 cm³/mol. The SMILES string of the molecule is C=CCn1c(COc2ccccc2Cl)nnc1SCC(=O)Nc1cc(C)cc(C)c1. The van der Waals surface area contributed by atoms with E-state index < -0.39 is 0 Å². The van der Waals surface area contributed by atoms with Gasteiger partial charge >= 0.3 is 0 Å². The van der Waals surface area contributed by atoms with Gasteiger partial charge in [0.05, 0.1) is 10.8 Å². The number of hydrogen-bond donors (Lipinski definition) is 1. The lowest BCUT2D eigenvalue weighted by molar-refractivity contribution is -0.113. The number of anilines is 1. The van der Waals surface area contributed by atoms with Crippen LogP contribution in [-0.2, 0) is 17.9 Å². The number of nitrogens with one attached hydrogen (secondary N) is 1. The fourth-order valence-electron chi connectivity index (χ4n) is 2.92. The summed E-state index contributed by atoms with van der Waals surface area (Å²) in [5, 5.41) is 12.5. The van der Waals surface area contributed by atoms with Crippen LogP contribution in [0.4, 0.5) is 5.69 Å². The number of aryl methyl sites for hydroxylation is 2. The molecule has 1 N–H and O–H groups in total. The third-order valence-electron chi connectivity index (χ3n) is 4.14. The Morgan fingerprint density at radius 1 is 1.23 bits per heavy atom. The first-order valence-electron chi connectivity index (χ1n) is 9.37. The van der Waals surface area contributed by atoms with E-state index in [4.69, 9.17) is 16.3 Å². The second kappa shape index (κ2) is 10.3. The molecule has 8 heteroatoms. The molecule has 0 aliphatic carbocycles. The number of rotatable bonds is 9. The Balaban J connectivity index is 1.63. The number of hydrogen-bond acceptors (Lipinski definition) is 5. The van der Waals surface area contributed by atoms with Crippen LogP contribution in [0.15, 0.2) is 60.3 Å². The van der Waals surface area contributed by atoms with Crippen LogP contribution in [0.5, 0.6) is 5.75 Å². The summed E-state index contributed by atoms with van der Waals surface area (Å²) in [6.07, 6.45) is 1.75. The molecule has 0 bridgehead atoms. The highest BCUT2D eigenvalue weighted by atomic mass is 35.5. The molecule has 0 radical (unpaired) electrons. The van der Waals surface area contributed by atoms with Gasteiger partial charge in [0, 0.05) is 12.2 Å². The predicted octanol–water partition coefficient (Wildman–Crippen LogP) is 5.04. The highest BCUT2D eigenvalue weighted by Gasteiger charge is 2.15. The van der Waals surface area contributed by atoms with Gasteiger partial charge in [-0.2, -0.15) is 0 Å². The molecule has 1 amide bonds. The molecule has 1 aromatic heterocycles. The second-order valence-electron chi connectivity index (χ2n) is 6.73. The largest absolute Gasteiger partial charge is 0.484 e. The molecular formula is C22H23ClN4O2S. The van der Waals surface area contributed by atoms with Crippen LogP contribution in [0.1, 0.15) is 17.0 Å². The fraction of sp³-hybridized carbons (Fsp3) is 0.227. The van der Waals surface area contributed by atoms with E-state index in [9.17, 15) is 4.79 Å². The second-order valence-corrected chi connectivity index (χ2v) is 8.08. The number of thioether (sulfide) groups is 1. The first kappa shape index (κ1) is 21.9. The smallest absolute Gasteiger partial charge is 0.234 e. The lowest BCUT2D eigenvalue weighted by Gasteiger charge is -2.10. The van der Waals surface area contributed by atoms with E-state index in [1.54, 1.807) is 18.2 Å². The number of benzene rings is 2. The number of ether oxygens (including phenoxy) is 1. The summed E-state index contributed by atoms with van der Waals surface area (Å²) in [6, 6.07) is 13.2. The van der Waals surface area contributed by atoms with Gasteiger partial charge in [-0.3, -0.25) is 9.36 Å². The zero-order chi connectivity index (χ0) is 21.5. The molecule has 0 fully saturated rings. The van der Waals surface area contributed by atoms with Gasteiger partial charge in [0.25, 0.3) is 0 Å². The van der Waals surface area contributed by atoms with E-state index in [0.29, 0.717) is 28.3 Å². The van der Waals surface area contributed by atoms with Crippen molar-refractivity contribution in [3.8, 4) is 5.75 Å². The fourth-order valence-corrected chi connectivity index (χ4v) is 3.88. The molecule has 3 rings (SSSR count). The van der Waals surface area contributed by atoms with Gasteiger partial charge in [-0.1, -0.05) is 47.6 Å². The minimum atomic E-state index is -0.105. The molecule has 1 heterocycles. The number of amides is 1. The number of halogens is 1. The summed E-state index contributed by atoms with van der Waals surface area (Å²) in [5.41, 5.74) is 3.00. The van der Waals surface area contributed by atoms with Gasteiger partial charge in [-0.15, -0.1) is 16.8 Å². The normalized spacial score (nSPS) is 10.6. The number of nitrogens with zero attached hydrogens (tertiary/aromatic N) is 3. The Hall–Kier alpha value is -2.77. The average molecular weight is 443 g/mol. The van der Waals surface area contributed by atoms with Gasteiger partial charge in [-0.05, 0) is 49.2 Å². The van der Waals surface area contributed by atoms with E-state index in [-0.39, 0.29) is 18.3 Å². The highest BCUT2D eigenvalue weighted by Crippen LogP contribution is 2.25. The maximum absolute atomic E-state index is 12.4. The third kappa shape index (κ3) is 5.87. The van der Waals surface area contributed by atoms with Gasteiger partial charge in [-0.25, -0.2) is 0 Å². The summed E-state index contributed by atoms with van der Waals surface area (Å²) in [6.45, 7) is 8.51. The quantitative estimate of drug-likeness (QED) is 0.371. The third-order valence-corrected chi connectivity index (χ3v) is 5.42. The Morgan fingerprint density at radius 2 is 1.97 bits per heavy atom. The Kier molecular flexibility index (Phi) is 7.54. The molecule has 0 aliphatic rings. The number of para-hydroxylation sites is 1. The van der Waals surface area contributed by atoms with E-state index in [1.165, 1.54) is 11.8 Å². The minimum Gasteiger partial charge on any atom is -0.484 e. The van der Waals surface area contributed by atoms with E-state index in [2.05, 4.69) is 28.2 Å². The van der Waals surface area contributed by atoms with Crippen molar-refractivity contribution in [3.05, 3.63) is 77.1 Å². The summed E-state index contributed by atoms with van der Waals surface area (Å²) in [5.74, 6) is 1.32. The van der Waals surface area contributed by atoms with Crippen molar-refractivity contribution in [3.63, 3.8) is 0 Å². The molecule has 0 unspecified atom stereocenters. The van der Waals surface area contributed by atoms with Crippen molar-refractivity contribution in [1.29, 1.82) is 0 Å². The summed E-state index contributed by atoms with van der Waals surface area (Å²) >= 11 is 7.45. The topological polar surface area (TPSA) is 69.0 Å². The van der Waals surface area contributed by atoms with Crippen molar-refractivity contribution in [2.75, 3.05) is 11.1 Å². The summed E-state index contributed by atoms with van der Waals surface area (Å²) in [4.78, 5) is 12.4. The van der Waals surface area contributed by atoms with Crippen LogP contribution in [0.3, 0.4) is 0 Å². The van der Waals surface area contributed by atoms with Crippen molar-refractivity contribution < 1.29 is 9.53 Å². The number of allylic oxidation sites excluding steroid dienone is 1. The first-order valence-corrected chi connectivity index (χ1v) is 10.7. The zero-order valence-corrected chi connectivity index (χ0v) is 18.5. The molecule has 0 saturated carbocycles. The number of aromatic nitrogens is 3. The summed E-state index contributed by atoms with van der Waals surface area (Å²) < 4.78 is 7.65. The standard InChI is InChI=1S/C22H23ClN4O2S/c1-4-9-27-20(13-29-19-8-6-5-7-18(19)23)25-26-22(27)30-14-21(28)24-17-11-15(2)10-16(3)12-17/h4-8,10-12H,1,9,13-14H2,2-3H3,(H,24,28). The van der Waals surface area contributed by atoms with Gasteiger partial charge in [0.2, 0.25) is 5.91 Å². The average Bonchev–Trinajstić information content (AvgIpc) is 3.07. The van der Waals surface area contributed by atoms with Crippen LogP contribution in [0, 0.1) is 13.8 Å². The molecule has 2 aromatic carbocycles. The van der Waals surface area contributed by atoms with Crippen molar-refractivity contribution in [2.45, 2.75) is 32.2 Å². The zero-order valence-electron chi connectivity index (χ0n) is 16.9. The van der Waals surface area contributed by atoms with Gasteiger partial charge in [0.1, 0.15) is 12.4 Å². The molecule has 30 heavy (non-hydrogen) atoms. The molecule has 156 valence electrons. The Bertz CT molecular complexity index is 1030. The van der Waals surface area contributed by atoms with Crippen molar-refractivity contribution in [2.24, 2.45) is 0 Å².